The van der Waals surface area contributed by atoms with Gasteiger partial charge in [-0.3, -0.25) is 0 Å². The lowest BCUT2D eigenvalue weighted by molar-refractivity contribution is 0.122. The first-order valence-corrected chi connectivity index (χ1v) is 4.56. The van der Waals surface area contributed by atoms with E-state index in [1.807, 2.05) is 13.8 Å². The summed E-state index contributed by atoms with van der Waals surface area (Å²) in [4.78, 5) is 0. The Morgan fingerprint density at radius 2 is 2.08 bits per heavy atom. The third-order valence-corrected chi connectivity index (χ3v) is 1.83. The van der Waals surface area contributed by atoms with Crippen LogP contribution < -0.4 is 5.32 Å². The van der Waals surface area contributed by atoms with Gasteiger partial charge in [0, 0.05) is 20.3 Å². The van der Waals surface area contributed by atoms with Crippen LogP contribution >= 0.6 is 0 Å². The van der Waals surface area contributed by atoms with Crippen molar-refractivity contribution in [3.63, 3.8) is 0 Å². The molecule has 3 heteroatoms. The van der Waals surface area contributed by atoms with E-state index in [-0.39, 0.29) is 6.10 Å². The minimum absolute atomic E-state index is 0.229. The molecule has 74 valence electrons. The van der Waals surface area contributed by atoms with E-state index >= 15 is 0 Å². The molecule has 1 atom stereocenters. The lowest BCUT2D eigenvalue weighted by atomic mass is 10.1. The monoisotopic (exact) mass is 175 g/mol. The van der Waals surface area contributed by atoms with E-state index < -0.39 is 0 Å². The van der Waals surface area contributed by atoms with Crippen LogP contribution in [0.25, 0.3) is 0 Å². The average molecular weight is 175 g/mol. The highest BCUT2D eigenvalue weighted by atomic mass is 16.5. The summed E-state index contributed by atoms with van der Waals surface area (Å²) in [5.41, 5.74) is 0. The van der Waals surface area contributed by atoms with Crippen molar-refractivity contribution in [3.8, 4) is 0 Å². The molecule has 0 bridgehead atoms. The molecule has 0 rings (SSSR count). The maximum absolute atomic E-state index is 9.39. The van der Waals surface area contributed by atoms with Gasteiger partial charge < -0.3 is 15.2 Å². The van der Waals surface area contributed by atoms with Crippen molar-refractivity contribution in [3.05, 3.63) is 0 Å². The standard InChI is InChI=1S/C9H21NO2/c1-8(2)9(11)7-10-5-4-6-12-3/h8-11H,4-7H2,1-3H3. The quantitative estimate of drug-likeness (QED) is 0.558. The second-order valence-corrected chi connectivity index (χ2v) is 3.36. The normalized spacial score (nSPS) is 13.8. The molecule has 0 aliphatic rings. The molecule has 3 nitrogen and oxygen atoms in total. The Kier molecular flexibility index (Phi) is 7.45. The average Bonchev–Trinajstić information content (AvgIpc) is 2.03. The maximum atomic E-state index is 9.39. The molecule has 0 aromatic carbocycles. The molecule has 0 aliphatic carbocycles. The van der Waals surface area contributed by atoms with Gasteiger partial charge in [0.15, 0.2) is 0 Å². The van der Waals surface area contributed by atoms with Crippen LogP contribution in [0.1, 0.15) is 20.3 Å². The van der Waals surface area contributed by atoms with Crippen LogP contribution in [0.2, 0.25) is 0 Å². The molecule has 0 aromatic heterocycles. The van der Waals surface area contributed by atoms with E-state index in [0.717, 1.165) is 19.6 Å². The minimum atomic E-state index is -0.229. The fourth-order valence-electron chi connectivity index (χ4n) is 0.827. The van der Waals surface area contributed by atoms with Crippen LogP contribution in [0, 0.1) is 5.92 Å². The first kappa shape index (κ1) is 11.9. The Hall–Kier alpha value is -0.120. The van der Waals surface area contributed by atoms with Gasteiger partial charge in [0.2, 0.25) is 0 Å². The molecule has 0 aromatic rings. The third-order valence-electron chi connectivity index (χ3n) is 1.83. The molecule has 1 unspecified atom stereocenters. The summed E-state index contributed by atoms with van der Waals surface area (Å²) in [5, 5.41) is 12.6. The highest BCUT2D eigenvalue weighted by molar-refractivity contribution is 4.62. The summed E-state index contributed by atoms with van der Waals surface area (Å²) in [6.45, 7) is 6.41. The first-order valence-electron chi connectivity index (χ1n) is 4.56. The molecule has 0 amide bonds. The molecule has 0 radical (unpaired) electrons. The Bertz CT molecular complexity index is 96.5. The number of methoxy groups -OCH3 is 1. The maximum Gasteiger partial charge on any atom is 0.0687 e. The number of ether oxygens (including phenoxy) is 1. The lowest BCUT2D eigenvalue weighted by Crippen LogP contribution is -2.31. The zero-order valence-corrected chi connectivity index (χ0v) is 8.34. The van der Waals surface area contributed by atoms with Gasteiger partial charge in [-0.2, -0.15) is 0 Å². The van der Waals surface area contributed by atoms with Gasteiger partial charge in [-0.25, -0.2) is 0 Å². The van der Waals surface area contributed by atoms with Gasteiger partial charge in [-0.1, -0.05) is 13.8 Å². The third kappa shape index (κ3) is 6.58. The Morgan fingerprint density at radius 3 is 2.58 bits per heavy atom. The summed E-state index contributed by atoms with van der Waals surface area (Å²) < 4.78 is 4.89. The summed E-state index contributed by atoms with van der Waals surface area (Å²) >= 11 is 0. The topological polar surface area (TPSA) is 41.5 Å². The zero-order chi connectivity index (χ0) is 9.40. The molecule has 0 saturated heterocycles. The first-order chi connectivity index (χ1) is 5.68. The molecule has 0 fully saturated rings. The summed E-state index contributed by atoms with van der Waals surface area (Å²) in [7, 11) is 1.70. The second kappa shape index (κ2) is 7.53. The van der Waals surface area contributed by atoms with Gasteiger partial charge in [-0.05, 0) is 18.9 Å². The SMILES string of the molecule is COCCCNCC(O)C(C)C. The zero-order valence-electron chi connectivity index (χ0n) is 8.34. The number of aliphatic hydroxyl groups excluding tert-OH is 1. The summed E-state index contributed by atoms with van der Waals surface area (Å²) in [6, 6.07) is 0. The second-order valence-electron chi connectivity index (χ2n) is 3.36. The van der Waals surface area contributed by atoms with Gasteiger partial charge in [0.1, 0.15) is 0 Å². The predicted molar refractivity (Wildman–Crippen MR) is 50.2 cm³/mol. The molecular formula is C9H21NO2. The smallest absolute Gasteiger partial charge is 0.0687 e. The largest absolute Gasteiger partial charge is 0.392 e. The Balaban J connectivity index is 3.08. The van der Waals surface area contributed by atoms with Gasteiger partial charge in [0.05, 0.1) is 6.10 Å². The molecule has 2 N–H and O–H groups in total. The Morgan fingerprint density at radius 1 is 1.42 bits per heavy atom. The highest BCUT2D eigenvalue weighted by Gasteiger charge is 2.06. The van der Waals surface area contributed by atoms with Crippen molar-refractivity contribution < 1.29 is 9.84 Å². The molecule has 0 spiro atoms. The molecule has 0 heterocycles. The van der Waals surface area contributed by atoms with Crippen LogP contribution in [0.3, 0.4) is 0 Å². The fourth-order valence-corrected chi connectivity index (χ4v) is 0.827. The van der Waals surface area contributed by atoms with Crippen molar-refractivity contribution in [2.24, 2.45) is 5.92 Å². The van der Waals surface area contributed by atoms with Crippen LogP contribution in [0.15, 0.2) is 0 Å². The van der Waals surface area contributed by atoms with Crippen LogP contribution in [-0.4, -0.2) is 38.0 Å². The minimum Gasteiger partial charge on any atom is -0.392 e. The van der Waals surface area contributed by atoms with E-state index in [1.165, 1.54) is 0 Å². The van der Waals surface area contributed by atoms with Crippen molar-refractivity contribution in [1.29, 1.82) is 0 Å². The molecular weight excluding hydrogens is 154 g/mol. The molecule has 12 heavy (non-hydrogen) atoms. The highest BCUT2D eigenvalue weighted by Crippen LogP contribution is 1.98. The van der Waals surface area contributed by atoms with Crippen LogP contribution in [0.5, 0.6) is 0 Å². The van der Waals surface area contributed by atoms with E-state index in [9.17, 15) is 5.11 Å². The van der Waals surface area contributed by atoms with Crippen molar-refractivity contribution in [2.75, 3.05) is 26.8 Å². The van der Waals surface area contributed by atoms with Gasteiger partial charge >= 0.3 is 0 Å². The van der Waals surface area contributed by atoms with E-state index in [4.69, 9.17) is 4.74 Å². The lowest BCUT2D eigenvalue weighted by Gasteiger charge is -2.14. The van der Waals surface area contributed by atoms with Crippen LogP contribution in [-0.2, 0) is 4.74 Å². The summed E-state index contributed by atoms with van der Waals surface area (Å²) in [5.74, 6) is 0.333. The van der Waals surface area contributed by atoms with Crippen LogP contribution in [0.4, 0.5) is 0 Å². The fraction of sp³-hybridized carbons (Fsp3) is 1.00. The van der Waals surface area contributed by atoms with E-state index in [1.54, 1.807) is 7.11 Å². The number of hydrogen-bond acceptors (Lipinski definition) is 3. The van der Waals surface area contributed by atoms with E-state index in [0.29, 0.717) is 12.5 Å². The predicted octanol–water partition coefficient (Wildman–Crippen LogP) is 0.629. The molecule has 0 aliphatic heterocycles. The number of nitrogens with one attached hydrogen (secondary N) is 1. The number of hydrogen-bond donors (Lipinski definition) is 2. The van der Waals surface area contributed by atoms with Crippen molar-refractivity contribution in [1.82, 2.24) is 5.32 Å². The van der Waals surface area contributed by atoms with Gasteiger partial charge in [0.25, 0.3) is 0 Å². The number of aliphatic hydroxyl groups is 1. The number of rotatable bonds is 7. The summed E-state index contributed by atoms with van der Waals surface area (Å²) in [6.07, 6.45) is 0.772. The van der Waals surface area contributed by atoms with Crippen molar-refractivity contribution in [2.45, 2.75) is 26.4 Å². The van der Waals surface area contributed by atoms with Crippen molar-refractivity contribution >= 4 is 0 Å². The van der Waals surface area contributed by atoms with Gasteiger partial charge in [-0.15, -0.1) is 0 Å². The Labute approximate surface area is 75.1 Å². The van der Waals surface area contributed by atoms with E-state index in [2.05, 4.69) is 5.32 Å². The molecule has 0 saturated carbocycles.